The van der Waals surface area contributed by atoms with Crippen LogP contribution in [-0.4, -0.2) is 24.8 Å². The molecule has 0 radical (unpaired) electrons. The van der Waals surface area contributed by atoms with E-state index in [4.69, 9.17) is 10.8 Å². The summed E-state index contributed by atoms with van der Waals surface area (Å²) in [5.41, 5.74) is 10.7. The van der Waals surface area contributed by atoms with Gasteiger partial charge < -0.3 is 15.7 Å². The summed E-state index contributed by atoms with van der Waals surface area (Å²) in [5, 5.41) is 9.15. The van der Waals surface area contributed by atoms with Gasteiger partial charge >= 0.3 is 0 Å². The maximum atomic E-state index is 9.15. The number of hydrogen-bond acceptors (Lipinski definition) is 3. The Labute approximate surface area is 103 Å². The van der Waals surface area contributed by atoms with Gasteiger partial charge in [-0.2, -0.15) is 0 Å². The molecule has 1 aliphatic heterocycles. The molecule has 94 valence electrons. The molecule has 1 atom stereocenters. The van der Waals surface area contributed by atoms with Crippen LogP contribution in [0.2, 0.25) is 0 Å². The van der Waals surface area contributed by atoms with Crippen molar-refractivity contribution in [2.24, 2.45) is 5.73 Å². The zero-order valence-corrected chi connectivity index (χ0v) is 10.7. The third kappa shape index (κ3) is 2.45. The normalized spacial score (nSPS) is 17.5. The molecule has 0 aliphatic carbocycles. The van der Waals surface area contributed by atoms with Crippen LogP contribution < -0.4 is 10.6 Å². The fraction of sp³-hybridized carbons (Fsp3) is 0.571. The quantitative estimate of drug-likeness (QED) is 0.839. The maximum Gasteiger partial charge on any atom is 0.0624 e. The number of hydrogen-bond donors (Lipinski definition) is 2. The minimum Gasteiger partial charge on any atom is -0.394 e. The zero-order valence-electron chi connectivity index (χ0n) is 10.7. The number of aryl methyl sites for hydroxylation is 2. The van der Waals surface area contributed by atoms with Crippen molar-refractivity contribution in [1.82, 2.24) is 0 Å². The Hall–Kier alpha value is -1.06. The number of benzene rings is 1. The Bertz CT molecular complexity index is 397. The van der Waals surface area contributed by atoms with Gasteiger partial charge in [0.05, 0.1) is 12.6 Å². The molecule has 1 aromatic carbocycles. The van der Waals surface area contributed by atoms with Gasteiger partial charge in [0.1, 0.15) is 0 Å². The molecular formula is C14H22N2O. The number of nitrogens with zero attached hydrogens (tertiary/aromatic N) is 1. The molecule has 1 heterocycles. The minimum atomic E-state index is -0.263. The second-order valence-electron chi connectivity index (χ2n) is 4.98. The predicted molar refractivity (Wildman–Crippen MR) is 71.4 cm³/mol. The van der Waals surface area contributed by atoms with Gasteiger partial charge in [0, 0.05) is 18.8 Å². The molecule has 3 heteroatoms. The lowest BCUT2D eigenvalue weighted by atomic mass is 9.98. The maximum absolute atomic E-state index is 9.15. The molecule has 0 unspecified atom stereocenters. The SMILES string of the molecule is Cc1cc(N2CCCC2)c(C)cc1[C@@H](N)CO. The molecule has 0 amide bonds. The molecule has 1 saturated heterocycles. The van der Waals surface area contributed by atoms with Crippen molar-refractivity contribution in [1.29, 1.82) is 0 Å². The first-order valence-electron chi connectivity index (χ1n) is 6.36. The van der Waals surface area contributed by atoms with Crippen LogP contribution in [0.1, 0.15) is 35.6 Å². The molecule has 3 nitrogen and oxygen atoms in total. The number of rotatable bonds is 3. The van der Waals surface area contributed by atoms with Gasteiger partial charge in [-0.15, -0.1) is 0 Å². The minimum absolute atomic E-state index is 0.00331. The van der Waals surface area contributed by atoms with E-state index in [1.165, 1.54) is 29.7 Å². The van der Waals surface area contributed by atoms with E-state index in [0.717, 1.165) is 18.7 Å². The molecule has 0 bridgehead atoms. The first-order chi connectivity index (χ1) is 8.13. The third-order valence-corrected chi connectivity index (χ3v) is 3.63. The van der Waals surface area contributed by atoms with Crippen LogP contribution in [0.15, 0.2) is 12.1 Å². The zero-order chi connectivity index (χ0) is 12.4. The number of nitrogens with two attached hydrogens (primary N) is 1. The van der Waals surface area contributed by atoms with E-state index in [1.807, 2.05) is 0 Å². The topological polar surface area (TPSA) is 49.5 Å². The molecule has 0 saturated carbocycles. The molecule has 1 fully saturated rings. The van der Waals surface area contributed by atoms with Gasteiger partial charge in [0.25, 0.3) is 0 Å². The van der Waals surface area contributed by atoms with Crippen LogP contribution in [0, 0.1) is 13.8 Å². The summed E-state index contributed by atoms with van der Waals surface area (Å²) in [6.07, 6.45) is 2.58. The molecule has 1 aromatic rings. The fourth-order valence-electron chi connectivity index (χ4n) is 2.62. The van der Waals surface area contributed by atoms with Crippen molar-refractivity contribution in [2.45, 2.75) is 32.7 Å². The summed E-state index contributed by atoms with van der Waals surface area (Å²) in [7, 11) is 0. The fourth-order valence-corrected chi connectivity index (χ4v) is 2.62. The smallest absolute Gasteiger partial charge is 0.0624 e. The highest BCUT2D eigenvalue weighted by molar-refractivity contribution is 5.58. The van der Waals surface area contributed by atoms with E-state index < -0.39 is 0 Å². The Kier molecular flexibility index (Phi) is 3.69. The highest BCUT2D eigenvalue weighted by atomic mass is 16.3. The van der Waals surface area contributed by atoms with E-state index in [-0.39, 0.29) is 12.6 Å². The molecule has 17 heavy (non-hydrogen) atoms. The average Bonchev–Trinajstić information content (AvgIpc) is 2.84. The third-order valence-electron chi connectivity index (χ3n) is 3.63. The summed E-state index contributed by atoms with van der Waals surface area (Å²) in [4.78, 5) is 2.44. The second kappa shape index (κ2) is 5.07. The Morgan fingerprint density at radius 1 is 1.24 bits per heavy atom. The molecule has 0 aromatic heterocycles. The number of aliphatic hydroxyl groups excluding tert-OH is 1. The highest BCUT2D eigenvalue weighted by Crippen LogP contribution is 2.29. The van der Waals surface area contributed by atoms with Crippen molar-refractivity contribution in [3.63, 3.8) is 0 Å². The monoisotopic (exact) mass is 234 g/mol. The van der Waals surface area contributed by atoms with Crippen molar-refractivity contribution in [3.8, 4) is 0 Å². The van der Waals surface area contributed by atoms with E-state index in [9.17, 15) is 0 Å². The highest BCUT2D eigenvalue weighted by Gasteiger charge is 2.17. The Morgan fingerprint density at radius 3 is 2.47 bits per heavy atom. The molecular weight excluding hydrogens is 212 g/mol. The van der Waals surface area contributed by atoms with Gasteiger partial charge in [-0.25, -0.2) is 0 Å². The lowest BCUT2D eigenvalue weighted by Crippen LogP contribution is -2.20. The summed E-state index contributed by atoms with van der Waals surface area (Å²) in [6.45, 7) is 6.52. The summed E-state index contributed by atoms with van der Waals surface area (Å²) < 4.78 is 0. The summed E-state index contributed by atoms with van der Waals surface area (Å²) in [6, 6.07) is 4.08. The largest absolute Gasteiger partial charge is 0.394 e. The van der Waals surface area contributed by atoms with E-state index in [1.54, 1.807) is 0 Å². The van der Waals surface area contributed by atoms with Crippen LogP contribution in [-0.2, 0) is 0 Å². The van der Waals surface area contributed by atoms with Crippen molar-refractivity contribution >= 4 is 5.69 Å². The predicted octanol–water partition coefficient (Wildman–Crippen LogP) is 1.90. The van der Waals surface area contributed by atoms with Crippen LogP contribution in [0.5, 0.6) is 0 Å². The number of aliphatic hydroxyl groups is 1. The van der Waals surface area contributed by atoms with E-state index >= 15 is 0 Å². The molecule has 3 N–H and O–H groups in total. The lowest BCUT2D eigenvalue weighted by molar-refractivity contribution is 0.267. The first kappa shape index (κ1) is 12.4. The van der Waals surface area contributed by atoms with Gasteiger partial charge in [-0.1, -0.05) is 6.07 Å². The van der Waals surface area contributed by atoms with Crippen LogP contribution >= 0.6 is 0 Å². The molecule has 0 spiro atoms. The van der Waals surface area contributed by atoms with Gasteiger partial charge in [-0.05, 0) is 49.4 Å². The molecule has 1 aliphatic rings. The van der Waals surface area contributed by atoms with Crippen LogP contribution in [0.3, 0.4) is 0 Å². The van der Waals surface area contributed by atoms with Crippen molar-refractivity contribution < 1.29 is 5.11 Å². The van der Waals surface area contributed by atoms with Gasteiger partial charge in [0.2, 0.25) is 0 Å². The van der Waals surface area contributed by atoms with Crippen LogP contribution in [0.25, 0.3) is 0 Å². The molecule has 2 rings (SSSR count). The van der Waals surface area contributed by atoms with E-state index in [2.05, 4.69) is 30.9 Å². The van der Waals surface area contributed by atoms with Crippen molar-refractivity contribution in [3.05, 3.63) is 28.8 Å². The van der Waals surface area contributed by atoms with Crippen molar-refractivity contribution in [2.75, 3.05) is 24.6 Å². The van der Waals surface area contributed by atoms with Gasteiger partial charge in [-0.3, -0.25) is 0 Å². The Morgan fingerprint density at radius 2 is 1.88 bits per heavy atom. The Balaban J connectivity index is 2.33. The number of anilines is 1. The van der Waals surface area contributed by atoms with E-state index in [0.29, 0.717) is 0 Å². The summed E-state index contributed by atoms with van der Waals surface area (Å²) >= 11 is 0. The van der Waals surface area contributed by atoms with Crippen LogP contribution in [0.4, 0.5) is 5.69 Å². The average molecular weight is 234 g/mol. The van der Waals surface area contributed by atoms with Gasteiger partial charge in [0.15, 0.2) is 0 Å². The second-order valence-corrected chi connectivity index (χ2v) is 4.98. The summed E-state index contributed by atoms with van der Waals surface area (Å²) in [5.74, 6) is 0. The first-order valence-corrected chi connectivity index (χ1v) is 6.36. The lowest BCUT2D eigenvalue weighted by Gasteiger charge is -2.23. The standard InChI is InChI=1S/C14H22N2O/c1-10-8-14(16-5-3-4-6-16)11(2)7-12(10)13(15)9-17/h7-8,13,17H,3-6,9,15H2,1-2H3/t13-/m0/s1.